The van der Waals surface area contributed by atoms with Gasteiger partial charge in [0.15, 0.2) is 0 Å². The fourth-order valence-electron chi connectivity index (χ4n) is 2.57. The Morgan fingerprint density at radius 1 is 0.957 bits per heavy atom. The zero-order chi connectivity index (χ0) is 16.0. The van der Waals surface area contributed by atoms with Gasteiger partial charge in [-0.3, -0.25) is 4.79 Å². The van der Waals surface area contributed by atoms with E-state index >= 15 is 0 Å². The van der Waals surface area contributed by atoms with Crippen molar-refractivity contribution in [1.82, 2.24) is 5.32 Å². The lowest BCUT2D eigenvalue weighted by molar-refractivity contribution is 0.0955. The van der Waals surface area contributed by atoms with E-state index in [1.165, 1.54) is 56.9 Å². The Kier molecular flexibility index (Phi) is 13.9. The largest absolute Gasteiger partial charge is 0.351 e. The number of benzene rings is 1. The van der Waals surface area contributed by atoms with E-state index < -0.39 is 0 Å². The molecule has 0 saturated heterocycles. The lowest BCUT2D eigenvalue weighted by Crippen LogP contribution is -2.28. The van der Waals surface area contributed by atoms with Crippen LogP contribution >= 0.6 is 12.4 Å². The third-order valence-electron chi connectivity index (χ3n) is 3.97. The predicted octanol–water partition coefficient (Wildman–Crippen LogP) is 4.48. The molecular weight excluding hydrogens is 308 g/mol. The molecule has 0 spiro atoms. The summed E-state index contributed by atoms with van der Waals surface area (Å²) in [6.07, 6.45) is 11.9. The standard InChI is InChI=1S/C19H32N2O.ClH/c1-2-3-4-5-6-7-8-9-10-17-11-13-18(14-12-17)19(22)21-16-15-20;/h11-14H,2-10,15-16,20H2,1H3,(H,21,22);1H. The van der Waals surface area contributed by atoms with Gasteiger partial charge in [0.1, 0.15) is 0 Å². The van der Waals surface area contributed by atoms with Crippen molar-refractivity contribution in [1.29, 1.82) is 0 Å². The lowest BCUT2D eigenvalue weighted by Gasteiger charge is -2.05. The number of halogens is 1. The van der Waals surface area contributed by atoms with Gasteiger partial charge >= 0.3 is 0 Å². The van der Waals surface area contributed by atoms with Crippen molar-refractivity contribution in [3.63, 3.8) is 0 Å². The molecule has 4 heteroatoms. The first-order valence-electron chi connectivity index (χ1n) is 8.85. The molecule has 0 aromatic heterocycles. The summed E-state index contributed by atoms with van der Waals surface area (Å²) in [5, 5.41) is 2.78. The molecule has 1 aromatic rings. The molecule has 132 valence electrons. The average Bonchev–Trinajstić information content (AvgIpc) is 2.55. The Bertz CT molecular complexity index is 406. The van der Waals surface area contributed by atoms with Gasteiger partial charge in [0.25, 0.3) is 5.91 Å². The van der Waals surface area contributed by atoms with Crippen LogP contribution in [0.2, 0.25) is 0 Å². The number of hydrogen-bond donors (Lipinski definition) is 2. The average molecular weight is 341 g/mol. The van der Waals surface area contributed by atoms with Gasteiger partial charge in [0.2, 0.25) is 0 Å². The summed E-state index contributed by atoms with van der Waals surface area (Å²) in [6, 6.07) is 7.95. The van der Waals surface area contributed by atoms with Gasteiger partial charge in [-0.1, -0.05) is 64.0 Å². The number of amides is 1. The van der Waals surface area contributed by atoms with E-state index in [2.05, 4.69) is 24.4 Å². The van der Waals surface area contributed by atoms with Gasteiger partial charge in [-0.2, -0.15) is 0 Å². The SMILES string of the molecule is CCCCCCCCCCc1ccc(C(=O)NCCN)cc1.Cl. The predicted molar refractivity (Wildman–Crippen MR) is 101 cm³/mol. The number of carbonyl (C=O) groups excluding carboxylic acids is 1. The van der Waals surface area contributed by atoms with Crippen molar-refractivity contribution >= 4 is 18.3 Å². The van der Waals surface area contributed by atoms with E-state index in [4.69, 9.17) is 5.73 Å². The van der Waals surface area contributed by atoms with Crippen LogP contribution in [0.3, 0.4) is 0 Å². The van der Waals surface area contributed by atoms with Crippen LogP contribution in [-0.4, -0.2) is 19.0 Å². The van der Waals surface area contributed by atoms with Crippen LogP contribution in [-0.2, 0) is 6.42 Å². The van der Waals surface area contributed by atoms with Crippen molar-refractivity contribution in [2.45, 2.75) is 64.7 Å². The molecule has 0 bridgehead atoms. The van der Waals surface area contributed by atoms with Gasteiger partial charge in [-0.15, -0.1) is 12.4 Å². The topological polar surface area (TPSA) is 55.1 Å². The number of nitrogens with one attached hydrogen (secondary N) is 1. The second kappa shape index (κ2) is 14.5. The monoisotopic (exact) mass is 340 g/mol. The van der Waals surface area contributed by atoms with Crippen molar-refractivity contribution in [3.8, 4) is 0 Å². The third kappa shape index (κ3) is 10.4. The number of nitrogens with two attached hydrogens (primary N) is 1. The van der Waals surface area contributed by atoms with Crippen molar-refractivity contribution in [2.75, 3.05) is 13.1 Å². The quantitative estimate of drug-likeness (QED) is 0.551. The summed E-state index contributed by atoms with van der Waals surface area (Å²) >= 11 is 0. The molecule has 0 unspecified atom stereocenters. The molecule has 0 fully saturated rings. The van der Waals surface area contributed by atoms with Crippen LogP contribution in [0.5, 0.6) is 0 Å². The molecule has 3 N–H and O–H groups in total. The Hall–Kier alpha value is -1.06. The van der Waals surface area contributed by atoms with Crippen LogP contribution in [0, 0.1) is 0 Å². The maximum absolute atomic E-state index is 11.8. The van der Waals surface area contributed by atoms with E-state index in [1.54, 1.807) is 0 Å². The highest BCUT2D eigenvalue weighted by Crippen LogP contribution is 2.12. The highest BCUT2D eigenvalue weighted by atomic mass is 35.5. The molecule has 3 nitrogen and oxygen atoms in total. The van der Waals surface area contributed by atoms with Gasteiger partial charge in [0.05, 0.1) is 0 Å². The molecule has 0 saturated carbocycles. The molecule has 1 amide bonds. The summed E-state index contributed by atoms with van der Waals surface area (Å²) in [4.78, 5) is 11.8. The molecular formula is C19H33ClN2O. The molecule has 0 radical (unpaired) electrons. The first-order valence-corrected chi connectivity index (χ1v) is 8.85. The Labute approximate surface area is 147 Å². The minimum atomic E-state index is -0.0379. The van der Waals surface area contributed by atoms with E-state index in [-0.39, 0.29) is 18.3 Å². The number of unbranched alkanes of at least 4 members (excludes halogenated alkanes) is 7. The molecule has 23 heavy (non-hydrogen) atoms. The fraction of sp³-hybridized carbons (Fsp3) is 0.632. The summed E-state index contributed by atoms with van der Waals surface area (Å²) in [5.74, 6) is -0.0379. The second-order valence-corrected chi connectivity index (χ2v) is 5.97. The van der Waals surface area contributed by atoms with Gasteiger partial charge < -0.3 is 11.1 Å². The number of hydrogen-bond acceptors (Lipinski definition) is 2. The highest BCUT2D eigenvalue weighted by Gasteiger charge is 2.03. The molecule has 0 atom stereocenters. The maximum Gasteiger partial charge on any atom is 0.251 e. The van der Waals surface area contributed by atoms with Gasteiger partial charge in [-0.25, -0.2) is 0 Å². The lowest BCUT2D eigenvalue weighted by atomic mass is 10.0. The maximum atomic E-state index is 11.8. The minimum absolute atomic E-state index is 0. The molecule has 0 heterocycles. The minimum Gasteiger partial charge on any atom is -0.351 e. The van der Waals surface area contributed by atoms with Crippen molar-refractivity contribution in [2.24, 2.45) is 5.73 Å². The first-order chi connectivity index (χ1) is 10.8. The summed E-state index contributed by atoms with van der Waals surface area (Å²) in [6.45, 7) is 3.26. The highest BCUT2D eigenvalue weighted by molar-refractivity contribution is 5.94. The smallest absolute Gasteiger partial charge is 0.251 e. The molecule has 1 aromatic carbocycles. The summed E-state index contributed by atoms with van der Waals surface area (Å²) in [5.41, 5.74) is 7.41. The zero-order valence-electron chi connectivity index (χ0n) is 14.5. The van der Waals surface area contributed by atoms with E-state index in [0.717, 1.165) is 6.42 Å². The Morgan fingerprint density at radius 2 is 1.52 bits per heavy atom. The van der Waals surface area contributed by atoms with E-state index in [1.807, 2.05) is 12.1 Å². The zero-order valence-corrected chi connectivity index (χ0v) is 15.3. The normalized spacial score (nSPS) is 10.2. The number of carbonyl (C=O) groups is 1. The fourth-order valence-corrected chi connectivity index (χ4v) is 2.57. The van der Waals surface area contributed by atoms with Crippen LogP contribution < -0.4 is 11.1 Å². The first kappa shape index (κ1) is 21.9. The molecule has 0 aliphatic carbocycles. The van der Waals surface area contributed by atoms with E-state index in [9.17, 15) is 4.79 Å². The van der Waals surface area contributed by atoms with Crippen molar-refractivity contribution < 1.29 is 4.79 Å². The van der Waals surface area contributed by atoms with Gasteiger partial charge in [-0.05, 0) is 30.5 Å². The molecule has 0 aliphatic rings. The van der Waals surface area contributed by atoms with Crippen molar-refractivity contribution in [3.05, 3.63) is 35.4 Å². The summed E-state index contributed by atoms with van der Waals surface area (Å²) < 4.78 is 0. The van der Waals surface area contributed by atoms with Crippen LogP contribution in [0.4, 0.5) is 0 Å². The Morgan fingerprint density at radius 3 is 2.09 bits per heavy atom. The molecule has 0 aliphatic heterocycles. The second-order valence-electron chi connectivity index (χ2n) is 5.97. The number of aryl methyl sites for hydroxylation is 1. The van der Waals surface area contributed by atoms with E-state index in [0.29, 0.717) is 18.7 Å². The Balaban J connectivity index is 0.00000484. The molecule has 1 rings (SSSR count). The number of rotatable bonds is 12. The third-order valence-corrected chi connectivity index (χ3v) is 3.97. The van der Waals surface area contributed by atoms with Crippen LogP contribution in [0.1, 0.15) is 74.2 Å². The van der Waals surface area contributed by atoms with Gasteiger partial charge in [0, 0.05) is 18.7 Å². The van der Waals surface area contributed by atoms with Crippen LogP contribution in [0.25, 0.3) is 0 Å². The van der Waals surface area contributed by atoms with Crippen LogP contribution in [0.15, 0.2) is 24.3 Å². The summed E-state index contributed by atoms with van der Waals surface area (Å²) in [7, 11) is 0.